The fraction of sp³-hybridized carbons (Fsp3) is 0.217. The van der Waals surface area contributed by atoms with Crippen molar-refractivity contribution < 1.29 is 18.9 Å². The van der Waals surface area contributed by atoms with Gasteiger partial charge in [0.25, 0.3) is 5.82 Å². The van der Waals surface area contributed by atoms with Crippen LogP contribution in [0.2, 0.25) is 0 Å². The van der Waals surface area contributed by atoms with Gasteiger partial charge in [-0.1, -0.05) is 11.2 Å². The van der Waals surface area contributed by atoms with Crippen LogP contribution in [0.15, 0.2) is 81.1 Å². The summed E-state index contributed by atoms with van der Waals surface area (Å²) in [7, 11) is 0. The molecule has 3 heterocycles. The van der Waals surface area contributed by atoms with E-state index >= 15 is 0 Å². The minimum absolute atomic E-state index is 0.231. The molecule has 2 aromatic rings. The molecule has 0 saturated carbocycles. The Kier molecular flexibility index (Phi) is 6.03. The largest absolute Gasteiger partial charge is 0.443 e. The molecule has 1 unspecified atom stereocenters. The fourth-order valence-corrected chi connectivity index (χ4v) is 3.59. The monoisotopic (exact) mass is 498 g/mol. The third-order valence-corrected chi connectivity index (χ3v) is 5.19. The third-order valence-electron chi connectivity index (χ3n) is 4.61. The van der Waals surface area contributed by atoms with Crippen molar-refractivity contribution in [1.29, 1.82) is 0 Å². The molecule has 0 aliphatic carbocycles. The first-order chi connectivity index (χ1) is 15.2. The highest BCUT2D eigenvalue weighted by Crippen LogP contribution is 2.22. The number of pyridine rings is 1. The fourth-order valence-electron chi connectivity index (χ4n) is 3.21. The second kappa shape index (κ2) is 8.76. The van der Waals surface area contributed by atoms with E-state index in [1.807, 2.05) is 32.9 Å². The number of quaternary nitrogens is 1. The maximum Gasteiger partial charge on any atom is 0.419 e. The van der Waals surface area contributed by atoms with Crippen LogP contribution in [-0.4, -0.2) is 33.5 Å². The Morgan fingerprint density at radius 1 is 1.22 bits per heavy atom. The molecule has 9 heteroatoms. The number of benzene rings is 1. The first-order valence-electron chi connectivity index (χ1n) is 9.98. The van der Waals surface area contributed by atoms with Crippen LogP contribution in [0.1, 0.15) is 31.9 Å². The van der Waals surface area contributed by atoms with Crippen LogP contribution in [0.5, 0.6) is 0 Å². The Morgan fingerprint density at radius 2 is 1.97 bits per heavy atom. The van der Waals surface area contributed by atoms with Gasteiger partial charge in [-0.3, -0.25) is 4.98 Å². The molecule has 32 heavy (non-hydrogen) atoms. The third kappa shape index (κ3) is 4.84. The summed E-state index contributed by atoms with van der Waals surface area (Å²) in [4.78, 5) is 23.7. The summed E-state index contributed by atoms with van der Waals surface area (Å²) in [6.45, 7) is 5.68. The zero-order valence-corrected chi connectivity index (χ0v) is 19.4. The van der Waals surface area contributed by atoms with Gasteiger partial charge in [-0.15, -0.1) is 5.01 Å². The minimum atomic E-state index is -0.684. The average molecular weight is 499 g/mol. The molecule has 1 amide bonds. The topological polar surface area (TPSA) is 71.6 Å². The maximum absolute atomic E-state index is 13.5. The van der Waals surface area contributed by atoms with E-state index in [0.29, 0.717) is 32.4 Å². The molecule has 1 N–H and O–H groups in total. The standard InChI is InChI=1S/C23H21BrFN5O2/c1-23(2,3)32-22(31)29(14-15-5-4-10-26-12-15)20-11-19(16-6-8-17(25)9-7-16)28-21-18(24)13-27-30(20)21/h4-13H,14H2,1-3H3/p+1. The number of halogens is 2. The maximum atomic E-state index is 13.5. The Morgan fingerprint density at radius 3 is 2.62 bits per heavy atom. The van der Waals surface area contributed by atoms with Gasteiger partial charge in [0.15, 0.2) is 0 Å². The number of ether oxygens (including phenoxy) is 1. The van der Waals surface area contributed by atoms with Gasteiger partial charge in [-0.05, 0) is 72.6 Å². The van der Waals surface area contributed by atoms with Crippen LogP contribution < -0.4 is 5.01 Å². The van der Waals surface area contributed by atoms with E-state index in [4.69, 9.17) is 9.73 Å². The molecule has 0 spiro atoms. The van der Waals surface area contributed by atoms with Crippen molar-refractivity contribution in [2.45, 2.75) is 32.9 Å². The first-order valence-corrected chi connectivity index (χ1v) is 10.8. The Labute approximate surface area is 193 Å². The summed E-state index contributed by atoms with van der Waals surface area (Å²) in [5.74, 6) is 0.804. The number of aromatic nitrogens is 1. The van der Waals surface area contributed by atoms with Crippen molar-refractivity contribution in [1.82, 2.24) is 9.88 Å². The van der Waals surface area contributed by atoms with E-state index < -0.39 is 11.7 Å². The highest BCUT2D eigenvalue weighted by atomic mass is 79.9. The van der Waals surface area contributed by atoms with Gasteiger partial charge in [-0.25, -0.2) is 14.1 Å². The summed E-state index contributed by atoms with van der Waals surface area (Å²) in [5, 5.41) is 5.03. The predicted octanol–water partition coefficient (Wildman–Crippen LogP) is 3.75. The number of aliphatic imine (C=N–C) groups is 1. The van der Waals surface area contributed by atoms with Crippen LogP contribution in [0.25, 0.3) is 0 Å². The number of amides is 1. The highest BCUT2D eigenvalue weighted by Gasteiger charge is 2.39. The normalized spacial score (nSPS) is 17.6. The first kappa shape index (κ1) is 22.0. The van der Waals surface area contributed by atoms with Gasteiger partial charge in [-0.2, -0.15) is 4.99 Å². The van der Waals surface area contributed by atoms with Crippen LogP contribution in [-0.2, 0) is 11.3 Å². The molecule has 1 atom stereocenters. The number of hydrogen-bond donors (Lipinski definition) is 1. The smallest absolute Gasteiger partial charge is 0.419 e. The van der Waals surface area contributed by atoms with Crippen molar-refractivity contribution in [3.8, 4) is 0 Å². The van der Waals surface area contributed by atoms with E-state index in [9.17, 15) is 9.18 Å². The van der Waals surface area contributed by atoms with Gasteiger partial charge in [0.1, 0.15) is 22.1 Å². The lowest BCUT2D eigenvalue weighted by Crippen LogP contribution is -3.05. The van der Waals surface area contributed by atoms with Crippen LogP contribution in [0.3, 0.4) is 0 Å². The zero-order chi connectivity index (χ0) is 22.9. The number of rotatable bonds is 4. The summed E-state index contributed by atoms with van der Waals surface area (Å²) in [6, 6.07) is 9.75. The number of hydrogen-bond acceptors (Lipinski definition) is 5. The molecule has 164 valence electrons. The molecule has 0 radical (unpaired) electrons. The summed E-state index contributed by atoms with van der Waals surface area (Å²) < 4.78 is 19.9. The number of carbonyl (C=O) groups is 1. The molecule has 7 nitrogen and oxygen atoms in total. The number of fused-ring (bicyclic) bond motifs is 1. The molecule has 1 aromatic heterocycles. The van der Waals surface area contributed by atoms with Gasteiger partial charge >= 0.3 is 6.09 Å². The molecule has 2 aliphatic rings. The lowest BCUT2D eigenvalue weighted by molar-refractivity contribution is -0.834. The van der Waals surface area contributed by atoms with E-state index in [2.05, 4.69) is 26.0 Å². The number of allylic oxidation sites excluding steroid dienone is 2. The molecular weight excluding hydrogens is 477 g/mol. The molecule has 1 aromatic carbocycles. The van der Waals surface area contributed by atoms with E-state index in [1.165, 1.54) is 17.0 Å². The lowest BCUT2D eigenvalue weighted by atomic mass is 10.1. The van der Waals surface area contributed by atoms with Crippen LogP contribution >= 0.6 is 15.9 Å². The quantitative estimate of drug-likeness (QED) is 0.697. The SMILES string of the molecule is CC(C)(C)OC(=O)N(Cc1cccnc1)C1=CC(c2ccc(F)cc2)=NC2=C(Br)C=N[NH+]12. The van der Waals surface area contributed by atoms with Gasteiger partial charge in [0, 0.05) is 24.0 Å². The van der Waals surface area contributed by atoms with Crippen molar-refractivity contribution in [3.63, 3.8) is 0 Å². The summed E-state index contributed by atoms with van der Waals surface area (Å²) in [6.07, 6.45) is 6.28. The molecule has 4 rings (SSSR count). The zero-order valence-electron chi connectivity index (χ0n) is 17.8. The Bertz CT molecular complexity index is 1150. The van der Waals surface area contributed by atoms with E-state index in [0.717, 1.165) is 5.56 Å². The summed E-state index contributed by atoms with van der Waals surface area (Å²) >= 11 is 3.49. The Balaban J connectivity index is 1.79. The number of carbonyl (C=O) groups excluding carboxylic acids is 1. The number of nitrogens with one attached hydrogen (secondary N) is 1. The van der Waals surface area contributed by atoms with Gasteiger partial charge in [0.2, 0.25) is 5.82 Å². The van der Waals surface area contributed by atoms with Crippen LogP contribution in [0.4, 0.5) is 9.18 Å². The van der Waals surface area contributed by atoms with Gasteiger partial charge in [0.05, 0.1) is 12.3 Å². The molecule has 2 aliphatic heterocycles. The Hall–Kier alpha value is -3.17. The molecule has 0 fully saturated rings. The predicted molar refractivity (Wildman–Crippen MR) is 122 cm³/mol. The van der Waals surface area contributed by atoms with E-state index in [-0.39, 0.29) is 12.4 Å². The van der Waals surface area contributed by atoms with Crippen molar-refractivity contribution in [2.75, 3.05) is 0 Å². The second-order valence-corrected chi connectivity index (χ2v) is 9.12. The molecule has 0 saturated heterocycles. The summed E-state index contributed by atoms with van der Waals surface area (Å²) in [5.41, 5.74) is 1.45. The number of nitrogens with zero attached hydrogens (tertiary/aromatic N) is 4. The molecular formula is C23H22BrFN5O2+. The molecule has 0 bridgehead atoms. The van der Waals surface area contributed by atoms with Crippen LogP contribution in [0, 0.1) is 5.82 Å². The highest BCUT2D eigenvalue weighted by molar-refractivity contribution is 9.12. The van der Waals surface area contributed by atoms with Crippen molar-refractivity contribution in [2.24, 2.45) is 10.1 Å². The van der Waals surface area contributed by atoms with Crippen molar-refractivity contribution >= 4 is 33.9 Å². The average Bonchev–Trinajstić information content (AvgIpc) is 3.12. The van der Waals surface area contributed by atoms with Gasteiger partial charge < -0.3 is 4.74 Å². The minimum Gasteiger partial charge on any atom is -0.443 e. The van der Waals surface area contributed by atoms with E-state index in [1.54, 1.807) is 36.8 Å². The lowest BCUT2D eigenvalue weighted by Gasteiger charge is -2.30. The van der Waals surface area contributed by atoms with Crippen molar-refractivity contribution in [3.05, 3.63) is 87.9 Å². The second-order valence-electron chi connectivity index (χ2n) is 8.26.